The molecule has 20 heavy (non-hydrogen) atoms. The van der Waals surface area contributed by atoms with Gasteiger partial charge in [0.05, 0.1) is 6.54 Å². The summed E-state index contributed by atoms with van der Waals surface area (Å²) >= 11 is 1.69. The van der Waals surface area contributed by atoms with Gasteiger partial charge < -0.3 is 4.90 Å². The predicted octanol–water partition coefficient (Wildman–Crippen LogP) is 4.38. The van der Waals surface area contributed by atoms with Gasteiger partial charge >= 0.3 is 0 Å². The van der Waals surface area contributed by atoms with Crippen molar-refractivity contribution in [3.63, 3.8) is 0 Å². The van der Waals surface area contributed by atoms with Crippen LogP contribution >= 0.6 is 11.3 Å². The summed E-state index contributed by atoms with van der Waals surface area (Å²) in [4.78, 5) is 16.9. The summed E-state index contributed by atoms with van der Waals surface area (Å²) in [6.45, 7) is 9.50. The van der Waals surface area contributed by atoms with Gasteiger partial charge in [-0.05, 0) is 51.5 Å². The normalized spacial score (nSPS) is 10.6. The maximum Gasteiger partial charge on any atom is 0.183 e. The van der Waals surface area contributed by atoms with E-state index in [1.54, 1.807) is 11.3 Å². The van der Waals surface area contributed by atoms with Crippen LogP contribution in [-0.2, 0) is 0 Å². The van der Waals surface area contributed by atoms with Gasteiger partial charge in [-0.3, -0.25) is 4.79 Å². The lowest BCUT2D eigenvalue weighted by Gasteiger charge is -2.22. The second-order valence-electron chi connectivity index (χ2n) is 5.10. The highest BCUT2D eigenvalue weighted by Gasteiger charge is 2.15. The lowest BCUT2D eigenvalue weighted by atomic mass is 10.1. The molecule has 106 valence electrons. The van der Waals surface area contributed by atoms with E-state index in [9.17, 15) is 4.79 Å². The summed E-state index contributed by atoms with van der Waals surface area (Å²) in [5.41, 5.74) is 3.21. The molecule has 0 N–H and O–H groups in total. The summed E-state index contributed by atoms with van der Waals surface area (Å²) in [7, 11) is 0. The van der Waals surface area contributed by atoms with Gasteiger partial charge in [0.2, 0.25) is 0 Å². The quantitative estimate of drug-likeness (QED) is 0.760. The average molecular weight is 287 g/mol. The number of ketones is 1. The Labute approximate surface area is 125 Å². The smallest absolute Gasteiger partial charge is 0.183 e. The molecular weight excluding hydrogens is 266 g/mol. The van der Waals surface area contributed by atoms with Gasteiger partial charge in [0, 0.05) is 27.5 Å². The van der Waals surface area contributed by atoms with Crippen LogP contribution in [0.1, 0.15) is 32.6 Å². The summed E-state index contributed by atoms with van der Waals surface area (Å²) in [6, 6.07) is 10.3. The third-order valence-corrected chi connectivity index (χ3v) is 4.39. The van der Waals surface area contributed by atoms with Crippen LogP contribution in [0.3, 0.4) is 0 Å². The maximum absolute atomic E-state index is 12.5. The van der Waals surface area contributed by atoms with E-state index in [4.69, 9.17) is 0 Å². The highest BCUT2D eigenvalue weighted by atomic mass is 32.1. The van der Waals surface area contributed by atoms with Gasteiger partial charge in [0.25, 0.3) is 0 Å². The van der Waals surface area contributed by atoms with E-state index in [2.05, 4.69) is 36.9 Å². The molecule has 0 atom stereocenters. The molecule has 1 heterocycles. The first-order valence-electron chi connectivity index (χ1n) is 6.93. The van der Waals surface area contributed by atoms with E-state index >= 15 is 0 Å². The van der Waals surface area contributed by atoms with Gasteiger partial charge in [-0.15, -0.1) is 11.3 Å². The van der Waals surface area contributed by atoms with Crippen LogP contribution in [0.5, 0.6) is 0 Å². The topological polar surface area (TPSA) is 20.3 Å². The molecule has 0 unspecified atom stereocenters. The van der Waals surface area contributed by atoms with Crippen molar-refractivity contribution in [2.24, 2.45) is 0 Å². The number of anilines is 1. The molecule has 0 bridgehead atoms. The number of Topliss-reactive ketones (excluding diaryl/α,β-unsaturated/α-hetero) is 1. The van der Waals surface area contributed by atoms with Crippen LogP contribution in [0, 0.1) is 20.8 Å². The molecule has 3 heteroatoms. The molecule has 0 radical (unpaired) electrons. The Morgan fingerprint density at radius 1 is 1.20 bits per heavy atom. The standard InChI is InChI=1S/C17H21NOS/c1-5-18(15-8-6-7-12(2)9-15)11-17(19)16-10-13(3)20-14(16)4/h6-10H,5,11H2,1-4H3. The number of rotatable bonds is 5. The number of likely N-dealkylation sites (N-methyl/N-ethyl adjacent to an activating group) is 1. The van der Waals surface area contributed by atoms with Crippen molar-refractivity contribution < 1.29 is 4.79 Å². The number of benzene rings is 1. The molecule has 0 saturated heterocycles. The van der Waals surface area contributed by atoms with E-state index in [1.165, 1.54) is 10.4 Å². The Balaban J connectivity index is 2.18. The molecule has 0 aliphatic carbocycles. The first-order chi connectivity index (χ1) is 9.51. The second kappa shape index (κ2) is 6.23. The monoisotopic (exact) mass is 287 g/mol. The maximum atomic E-state index is 12.5. The summed E-state index contributed by atoms with van der Waals surface area (Å²) in [5, 5.41) is 0. The van der Waals surface area contributed by atoms with Crippen LogP contribution in [-0.4, -0.2) is 18.9 Å². The Kier molecular flexibility index (Phi) is 4.61. The fourth-order valence-corrected chi connectivity index (χ4v) is 3.32. The van der Waals surface area contributed by atoms with E-state index in [0.29, 0.717) is 6.54 Å². The number of hydrogen-bond acceptors (Lipinski definition) is 3. The third-order valence-electron chi connectivity index (χ3n) is 3.42. The van der Waals surface area contributed by atoms with Crippen molar-refractivity contribution in [2.75, 3.05) is 18.0 Å². The van der Waals surface area contributed by atoms with Crippen molar-refractivity contribution >= 4 is 22.8 Å². The molecule has 2 rings (SSSR count). The number of nitrogens with zero attached hydrogens (tertiary/aromatic N) is 1. The lowest BCUT2D eigenvalue weighted by Crippen LogP contribution is -2.29. The minimum atomic E-state index is 0.204. The molecule has 0 aliphatic heterocycles. The van der Waals surface area contributed by atoms with Gasteiger partial charge in [0.1, 0.15) is 0 Å². The van der Waals surface area contributed by atoms with Crippen LogP contribution in [0.2, 0.25) is 0 Å². The van der Waals surface area contributed by atoms with Crippen LogP contribution in [0.15, 0.2) is 30.3 Å². The number of carbonyl (C=O) groups is 1. The van der Waals surface area contributed by atoms with Gasteiger partial charge in [-0.2, -0.15) is 0 Å². The van der Waals surface area contributed by atoms with Gasteiger partial charge in [-0.1, -0.05) is 12.1 Å². The van der Waals surface area contributed by atoms with Crippen LogP contribution in [0.25, 0.3) is 0 Å². The number of hydrogen-bond donors (Lipinski definition) is 0. The van der Waals surface area contributed by atoms with Gasteiger partial charge in [-0.25, -0.2) is 0 Å². The summed E-state index contributed by atoms with van der Waals surface area (Å²) in [6.07, 6.45) is 0. The highest BCUT2D eigenvalue weighted by Crippen LogP contribution is 2.22. The zero-order valence-electron chi connectivity index (χ0n) is 12.6. The number of thiophene rings is 1. The van der Waals surface area contributed by atoms with Crippen molar-refractivity contribution in [3.05, 3.63) is 51.2 Å². The first-order valence-corrected chi connectivity index (χ1v) is 7.74. The molecule has 2 aromatic rings. The molecule has 0 saturated carbocycles. The number of carbonyl (C=O) groups excluding carboxylic acids is 1. The first kappa shape index (κ1) is 14.8. The van der Waals surface area contributed by atoms with E-state index in [0.717, 1.165) is 22.7 Å². The van der Waals surface area contributed by atoms with Gasteiger partial charge in [0.15, 0.2) is 5.78 Å². The Morgan fingerprint density at radius 2 is 1.95 bits per heavy atom. The highest BCUT2D eigenvalue weighted by molar-refractivity contribution is 7.12. The molecule has 0 fully saturated rings. The van der Waals surface area contributed by atoms with E-state index in [1.807, 2.05) is 26.0 Å². The Bertz CT molecular complexity index is 615. The minimum Gasteiger partial charge on any atom is -0.364 e. The summed E-state index contributed by atoms with van der Waals surface area (Å²) in [5.74, 6) is 0.204. The fraction of sp³-hybridized carbons (Fsp3) is 0.353. The molecule has 0 aliphatic rings. The fourth-order valence-electron chi connectivity index (χ4n) is 2.38. The van der Waals surface area contributed by atoms with Crippen molar-refractivity contribution in [1.29, 1.82) is 0 Å². The molecule has 0 spiro atoms. The molecule has 1 aromatic carbocycles. The lowest BCUT2D eigenvalue weighted by molar-refractivity contribution is 0.0999. The van der Waals surface area contributed by atoms with Crippen LogP contribution in [0.4, 0.5) is 5.69 Å². The zero-order valence-corrected chi connectivity index (χ0v) is 13.4. The van der Waals surface area contributed by atoms with Crippen LogP contribution < -0.4 is 4.90 Å². The third kappa shape index (κ3) is 3.28. The Hall–Kier alpha value is -1.61. The van der Waals surface area contributed by atoms with E-state index in [-0.39, 0.29) is 5.78 Å². The summed E-state index contributed by atoms with van der Waals surface area (Å²) < 4.78 is 0. The predicted molar refractivity (Wildman–Crippen MR) is 87.2 cm³/mol. The molecule has 2 nitrogen and oxygen atoms in total. The zero-order chi connectivity index (χ0) is 14.7. The minimum absolute atomic E-state index is 0.204. The van der Waals surface area contributed by atoms with Crippen molar-refractivity contribution in [1.82, 2.24) is 0 Å². The SMILES string of the molecule is CCN(CC(=O)c1cc(C)sc1C)c1cccc(C)c1. The number of aryl methyl sites for hydroxylation is 3. The van der Waals surface area contributed by atoms with Crippen molar-refractivity contribution in [3.8, 4) is 0 Å². The largest absolute Gasteiger partial charge is 0.364 e. The average Bonchev–Trinajstić information content (AvgIpc) is 2.75. The molecule has 1 aromatic heterocycles. The van der Waals surface area contributed by atoms with E-state index < -0.39 is 0 Å². The molecular formula is C17H21NOS. The van der Waals surface area contributed by atoms with Crippen molar-refractivity contribution in [2.45, 2.75) is 27.7 Å². The molecule has 0 amide bonds. The Morgan fingerprint density at radius 3 is 2.50 bits per heavy atom. The second-order valence-corrected chi connectivity index (χ2v) is 6.56.